The van der Waals surface area contributed by atoms with Crippen molar-refractivity contribution in [2.24, 2.45) is 0 Å². The number of aryl methyl sites for hydroxylation is 1. The molecular weight excluding hydrogens is 358 g/mol. The monoisotopic (exact) mass is 379 g/mol. The smallest absolute Gasteiger partial charge is 0.343 e. The van der Waals surface area contributed by atoms with E-state index in [0.29, 0.717) is 23.7 Å². The Hall–Kier alpha value is -3.61. The summed E-state index contributed by atoms with van der Waals surface area (Å²) >= 11 is 0. The maximum Gasteiger partial charge on any atom is 0.343 e. The Morgan fingerprint density at radius 3 is 2.61 bits per heavy atom. The molecule has 0 saturated carbocycles. The molecular formula is C21H21N3O4. The number of nitrogens with zero attached hydrogens (tertiary/aromatic N) is 2. The van der Waals surface area contributed by atoms with E-state index in [0.717, 1.165) is 11.3 Å². The first-order valence-electron chi connectivity index (χ1n) is 8.74. The summed E-state index contributed by atoms with van der Waals surface area (Å²) < 4.78 is 11.6. The van der Waals surface area contributed by atoms with Gasteiger partial charge >= 0.3 is 5.97 Å². The van der Waals surface area contributed by atoms with Gasteiger partial charge in [0.25, 0.3) is 5.91 Å². The Bertz CT molecular complexity index is 967. The Kier molecular flexibility index (Phi) is 6.06. The van der Waals surface area contributed by atoms with Gasteiger partial charge in [0.2, 0.25) is 0 Å². The van der Waals surface area contributed by atoms with Gasteiger partial charge in [-0.3, -0.25) is 4.79 Å². The molecule has 0 spiro atoms. The predicted molar refractivity (Wildman–Crippen MR) is 104 cm³/mol. The number of esters is 1. The lowest BCUT2D eigenvalue weighted by molar-refractivity contribution is -0.142. The molecule has 28 heavy (non-hydrogen) atoms. The van der Waals surface area contributed by atoms with Crippen molar-refractivity contribution in [3.05, 3.63) is 77.5 Å². The maximum atomic E-state index is 12.7. The highest BCUT2D eigenvalue weighted by molar-refractivity contribution is 6.04. The van der Waals surface area contributed by atoms with Crippen molar-refractivity contribution in [3.8, 4) is 5.75 Å². The fourth-order valence-corrected chi connectivity index (χ4v) is 2.64. The van der Waals surface area contributed by atoms with Crippen LogP contribution in [-0.4, -0.2) is 35.4 Å². The first kappa shape index (κ1) is 19.2. The molecule has 0 aliphatic carbocycles. The molecule has 144 valence electrons. The quantitative estimate of drug-likeness (QED) is 0.638. The van der Waals surface area contributed by atoms with Gasteiger partial charge in [-0.1, -0.05) is 36.4 Å². The third-order valence-corrected chi connectivity index (χ3v) is 4.00. The molecule has 0 aliphatic rings. The molecule has 7 nitrogen and oxygen atoms in total. The molecule has 0 aliphatic heterocycles. The molecule has 2 aromatic carbocycles. The van der Waals surface area contributed by atoms with Gasteiger partial charge < -0.3 is 14.8 Å². The highest BCUT2D eigenvalue weighted by Crippen LogP contribution is 2.17. The molecule has 0 radical (unpaired) electrons. The SMILES string of the molecule is COC(=O)COc1cccc(C(=O)Nc2cc(C)nn2Cc2ccccc2)c1. The number of hydrogen-bond donors (Lipinski definition) is 1. The van der Waals surface area contributed by atoms with E-state index >= 15 is 0 Å². The molecule has 1 heterocycles. The van der Waals surface area contributed by atoms with Crippen LogP contribution in [0, 0.1) is 6.92 Å². The van der Waals surface area contributed by atoms with E-state index in [2.05, 4.69) is 15.2 Å². The number of rotatable bonds is 7. The van der Waals surface area contributed by atoms with Crippen LogP contribution in [0.1, 0.15) is 21.6 Å². The normalized spacial score (nSPS) is 10.4. The Balaban J connectivity index is 1.72. The Morgan fingerprint density at radius 2 is 1.86 bits per heavy atom. The molecule has 0 fully saturated rings. The van der Waals surface area contributed by atoms with E-state index in [4.69, 9.17) is 4.74 Å². The third kappa shape index (κ3) is 4.97. The van der Waals surface area contributed by atoms with Crippen LogP contribution in [-0.2, 0) is 16.1 Å². The highest BCUT2D eigenvalue weighted by Gasteiger charge is 2.13. The number of anilines is 1. The first-order chi connectivity index (χ1) is 13.5. The zero-order valence-electron chi connectivity index (χ0n) is 15.7. The molecule has 0 bridgehead atoms. The van der Waals surface area contributed by atoms with Gasteiger partial charge in [0, 0.05) is 11.6 Å². The summed E-state index contributed by atoms with van der Waals surface area (Å²) in [5.74, 6) is 0.229. The van der Waals surface area contributed by atoms with Crippen molar-refractivity contribution in [2.75, 3.05) is 19.0 Å². The second kappa shape index (κ2) is 8.85. The largest absolute Gasteiger partial charge is 0.482 e. The molecule has 1 aromatic heterocycles. The van der Waals surface area contributed by atoms with Crippen LogP contribution in [0.2, 0.25) is 0 Å². The summed E-state index contributed by atoms with van der Waals surface area (Å²) in [6, 6.07) is 18.3. The number of benzene rings is 2. The van der Waals surface area contributed by atoms with Crippen LogP contribution in [0.5, 0.6) is 5.75 Å². The molecule has 1 amide bonds. The minimum atomic E-state index is -0.491. The van der Waals surface area contributed by atoms with Crippen LogP contribution in [0.4, 0.5) is 5.82 Å². The van der Waals surface area contributed by atoms with E-state index in [1.165, 1.54) is 7.11 Å². The van der Waals surface area contributed by atoms with Crippen molar-refractivity contribution in [2.45, 2.75) is 13.5 Å². The van der Waals surface area contributed by atoms with E-state index in [9.17, 15) is 9.59 Å². The second-order valence-corrected chi connectivity index (χ2v) is 6.16. The number of ether oxygens (including phenoxy) is 2. The third-order valence-electron chi connectivity index (χ3n) is 4.00. The van der Waals surface area contributed by atoms with Crippen molar-refractivity contribution in [1.82, 2.24) is 9.78 Å². The highest BCUT2D eigenvalue weighted by atomic mass is 16.6. The fourth-order valence-electron chi connectivity index (χ4n) is 2.64. The molecule has 3 rings (SSSR count). The molecule has 0 atom stereocenters. The fraction of sp³-hybridized carbons (Fsp3) is 0.190. The predicted octanol–water partition coefficient (Wildman–Crippen LogP) is 3.04. The number of carbonyl (C=O) groups excluding carboxylic acids is 2. The van der Waals surface area contributed by atoms with Gasteiger partial charge in [0.05, 0.1) is 19.3 Å². The van der Waals surface area contributed by atoms with Gasteiger partial charge in [-0.15, -0.1) is 0 Å². The number of aromatic nitrogens is 2. The first-order valence-corrected chi connectivity index (χ1v) is 8.74. The van der Waals surface area contributed by atoms with Gasteiger partial charge in [-0.05, 0) is 30.7 Å². The van der Waals surface area contributed by atoms with Gasteiger partial charge in [-0.25, -0.2) is 9.48 Å². The number of methoxy groups -OCH3 is 1. The number of nitrogens with one attached hydrogen (secondary N) is 1. The van der Waals surface area contributed by atoms with Crippen LogP contribution in [0.15, 0.2) is 60.7 Å². The zero-order chi connectivity index (χ0) is 19.9. The van der Waals surface area contributed by atoms with Crippen molar-refractivity contribution < 1.29 is 19.1 Å². The zero-order valence-corrected chi connectivity index (χ0v) is 15.7. The lowest BCUT2D eigenvalue weighted by atomic mass is 10.2. The van der Waals surface area contributed by atoms with E-state index < -0.39 is 5.97 Å². The van der Waals surface area contributed by atoms with E-state index in [-0.39, 0.29) is 12.5 Å². The topological polar surface area (TPSA) is 82.4 Å². The maximum absolute atomic E-state index is 12.7. The summed E-state index contributed by atoms with van der Waals surface area (Å²) in [6.45, 7) is 2.20. The van der Waals surface area contributed by atoms with E-state index in [1.54, 1.807) is 28.9 Å². The minimum Gasteiger partial charge on any atom is -0.482 e. The van der Waals surface area contributed by atoms with Crippen LogP contribution in [0.3, 0.4) is 0 Å². The summed E-state index contributed by atoms with van der Waals surface area (Å²) in [5.41, 5.74) is 2.30. The molecule has 0 saturated heterocycles. The molecule has 7 heteroatoms. The van der Waals surface area contributed by atoms with Crippen molar-refractivity contribution in [1.29, 1.82) is 0 Å². The number of hydrogen-bond acceptors (Lipinski definition) is 5. The number of carbonyl (C=O) groups is 2. The molecule has 0 unspecified atom stereocenters. The van der Waals surface area contributed by atoms with E-state index in [1.807, 2.05) is 43.3 Å². The van der Waals surface area contributed by atoms with Crippen LogP contribution in [0.25, 0.3) is 0 Å². The average Bonchev–Trinajstić information content (AvgIpc) is 3.05. The molecule has 1 N–H and O–H groups in total. The van der Waals surface area contributed by atoms with Crippen LogP contribution >= 0.6 is 0 Å². The van der Waals surface area contributed by atoms with Crippen molar-refractivity contribution >= 4 is 17.7 Å². The summed E-state index contributed by atoms with van der Waals surface area (Å²) in [6.07, 6.45) is 0. The number of amides is 1. The second-order valence-electron chi connectivity index (χ2n) is 6.16. The van der Waals surface area contributed by atoms with Gasteiger partial charge in [0.15, 0.2) is 6.61 Å². The standard InChI is InChI=1S/C21H21N3O4/c1-15-11-19(24(23-15)13-16-7-4-3-5-8-16)22-21(26)17-9-6-10-18(12-17)28-14-20(25)27-2/h3-12H,13-14H2,1-2H3,(H,22,26). The summed E-state index contributed by atoms with van der Waals surface area (Å²) in [7, 11) is 1.29. The lowest BCUT2D eigenvalue weighted by Gasteiger charge is -2.10. The van der Waals surface area contributed by atoms with Crippen LogP contribution < -0.4 is 10.1 Å². The summed E-state index contributed by atoms with van der Waals surface area (Å²) in [5, 5.41) is 7.34. The average molecular weight is 379 g/mol. The summed E-state index contributed by atoms with van der Waals surface area (Å²) in [4.78, 5) is 23.9. The van der Waals surface area contributed by atoms with Gasteiger partial charge in [0.1, 0.15) is 11.6 Å². The minimum absolute atomic E-state index is 0.218. The van der Waals surface area contributed by atoms with Gasteiger partial charge in [-0.2, -0.15) is 5.10 Å². The Morgan fingerprint density at radius 1 is 1.07 bits per heavy atom. The lowest BCUT2D eigenvalue weighted by Crippen LogP contribution is -2.17. The van der Waals surface area contributed by atoms with Crippen molar-refractivity contribution in [3.63, 3.8) is 0 Å². The Labute approximate surface area is 162 Å². The molecule has 3 aromatic rings.